The van der Waals surface area contributed by atoms with Gasteiger partial charge in [-0.2, -0.15) is 4.57 Å². The van der Waals surface area contributed by atoms with Crippen LogP contribution in [0, 0.1) is 130 Å². The smallest absolute Gasteiger partial charge is 0.231 e. The minimum atomic E-state index is -7.22. The molecule has 23 heteroatoms. The average molecular weight is 954 g/mol. The van der Waals surface area contributed by atoms with Gasteiger partial charge in [0.05, 0.1) is 18.0 Å². The molecule has 0 N–H and O–H groups in total. The molecule has 0 saturated heterocycles. The van der Waals surface area contributed by atoms with Gasteiger partial charge in [-0.25, -0.2) is 87.8 Å². The van der Waals surface area contributed by atoms with Crippen molar-refractivity contribution in [2.24, 2.45) is 0 Å². The number of benzene rings is 6. The van der Waals surface area contributed by atoms with Crippen LogP contribution in [-0.2, 0) is 6.54 Å². The van der Waals surface area contributed by atoms with Gasteiger partial charge in [0.1, 0.15) is 52.7 Å². The van der Waals surface area contributed by atoms with Crippen LogP contribution in [0.4, 0.5) is 87.8 Å². The van der Waals surface area contributed by atoms with E-state index in [9.17, 15) is 52.7 Å². The highest BCUT2D eigenvalue weighted by Crippen LogP contribution is 2.31. The molecule has 344 valence electrons. The summed E-state index contributed by atoms with van der Waals surface area (Å²) in [5.41, 5.74) is -8.09. The molecule has 1 heterocycles. The maximum absolute atomic E-state index is 15.4. The summed E-state index contributed by atoms with van der Waals surface area (Å²) >= 11 is 0. The van der Waals surface area contributed by atoms with Crippen molar-refractivity contribution in [3.63, 3.8) is 0 Å². The van der Waals surface area contributed by atoms with Crippen LogP contribution in [0.3, 0.4) is 0 Å². The lowest BCUT2D eigenvalue weighted by Gasteiger charge is -2.44. The van der Waals surface area contributed by atoms with E-state index < -0.39 is 144 Å². The van der Waals surface area contributed by atoms with Crippen LogP contribution in [-0.4, -0.2) is 11.1 Å². The monoisotopic (exact) mass is 954 g/mol. The fourth-order valence-electron chi connectivity index (χ4n) is 7.42. The first kappa shape index (κ1) is 48.5. The fraction of sp³-hybridized carbons (Fsp3) is 0.0698. The molecule has 0 radical (unpaired) electrons. The number of rotatable bonds is 7. The number of aromatic nitrogens is 2. The second-order valence-electron chi connectivity index (χ2n) is 14.2. The Morgan fingerprint density at radius 3 is 1.06 bits per heavy atom. The first-order valence-corrected chi connectivity index (χ1v) is 18.1. The van der Waals surface area contributed by atoms with Gasteiger partial charge in [-0.3, -0.25) is 4.98 Å². The van der Waals surface area contributed by atoms with Crippen molar-refractivity contribution in [3.8, 4) is 11.3 Å². The van der Waals surface area contributed by atoms with Gasteiger partial charge < -0.3 is 0 Å². The molecule has 1 aromatic heterocycles. The van der Waals surface area contributed by atoms with E-state index in [1.807, 2.05) is 24.7 Å². The molecule has 0 atom stereocenters. The zero-order valence-corrected chi connectivity index (χ0v) is 32.6. The van der Waals surface area contributed by atoms with E-state index in [0.29, 0.717) is 0 Å². The Morgan fingerprint density at radius 2 is 0.727 bits per heavy atom. The lowest BCUT2D eigenvalue weighted by molar-refractivity contribution is -0.678. The fourth-order valence-corrected chi connectivity index (χ4v) is 7.42. The molecule has 0 unspecified atom stereocenters. The van der Waals surface area contributed by atoms with Crippen molar-refractivity contribution in [2.75, 3.05) is 0 Å². The summed E-state index contributed by atoms with van der Waals surface area (Å²) in [4.78, 5) is 4.31. The maximum atomic E-state index is 15.4. The molecule has 0 saturated carbocycles. The maximum Gasteiger partial charge on any atom is 0.231 e. The lowest BCUT2D eigenvalue weighted by Crippen LogP contribution is -2.81. The second kappa shape index (κ2) is 18.2. The van der Waals surface area contributed by atoms with E-state index in [-0.39, 0.29) is 0 Å². The first-order valence-electron chi connectivity index (χ1n) is 18.1. The lowest BCUT2D eigenvalue weighted by atomic mass is 9.12. The summed E-state index contributed by atoms with van der Waals surface area (Å²) in [6, 6.07) is 17.1. The van der Waals surface area contributed by atoms with Crippen molar-refractivity contribution in [1.29, 1.82) is 0 Å². The van der Waals surface area contributed by atoms with Gasteiger partial charge in [-0.05, 0) is 25.5 Å². The van der Waals surface area contributed by atoms with Crippen LogP contribution in [0.1, 0.15) is 16.7 Å². The summed E-state index contributed by atoms with van der Waals surface area (Å²) < 4.78 is 296. The predicted molar refractivity (Wildman–Crippen MR) is 194 cm³/mol. The van der Waals surface area contributed by atoms with E-state index in [0.717, 1.165) is 12.2 Å². The molecule has 0 fully saturated rings. The van der Waals surface area contributed by atoms with Gasteiger partial charge in [-0.15, -0.1) is 21.9 Å². The minimum Gasteiger partial charge on any atom is -0.252 e. The van der Waals surface area contributed by atoms with Gasteiger partial charge in [0.2, 0.25) is 5.69 Å². The number of hydrogen-bond acceptors (Lipinski definition) is 1. The van der Waals surface area contributed by atoms with E-state index in [2.05, 4.69) is 65.9 Å². The summed E-state index contributed by atoms with van der Waals surface area (Å²) in [5.74, 6) is -71.4. The van der Waals surface area contributed by atoms with Crippen molar-refractivity contribution in [3.05, 3.63) is 200 Å². The molecule has 0 aliphatic rings. The Labute approximate surface area is 356 Å². The van der Waals surface area contributed by atoms with E-state index >= 15 is 35.1 Å². The molecular weight excluding hydrogens is 935 g/mol. The highest BCUT2D eigenvalue weighted by molar-refractivity contribution is 7.20. The van der Waals surface area contributed by atoms with Gasteiger partial charge in [0.25, 0.3) is 0 Å². The highest BCUT2D eigenvalue weighted by atomic mass is 19.2. The van der Waals surface area contributed by atoms with Crippen LogP contribution in [0.5, 0.6) is 0 Å². The normalized spacial score (nSPS) is 11.5. The SMILES string of the molecule is Cc1ccc(C)c(-c2cncc[n+]2Cc2ccccc2)c1.Fc1c(F)c(F)c([B-](c2c(F)c(F)c(F)c(F)c2F)(c2c(F)c(F)c(F)c(F)c2F)c2c(F)c(F)c(F)c(F)c2F)c(F)c1F. The quantitative estimate of drug-likeness (QED) is 0.0512. The van der Waals surface area contributed by atoms with Gasteiger partial charge in [0.15, 0.2) is 82.5 Å². The Hall–Kier alpha value is -6.94. The van der Waals surface area contributed by atoms with Crippen LogP contribution in [0.15, 0.2) is 67.1 Å². The molecule has 0 aliphatic carbocycles. The zero-order chi connectivity index (χ0) is 49.0. The Kier molecular flexibility index (Phi) is 13.3. The summed E-state index contributed by atoms with van der Waals surface area (Å²) in [7, 11) is 0. The van der Waals surface area contributed by atoms with Crippen molar-refractivity contribution >= 4 is 28.0 Å². The van der Waals surface area contributed by atoms with Crippen molar-refractivity contribution < 1.29 is 92.4 Å². The van der Waals surface area contributed by atoms with E-state index in [1.165, 1.54) is 22.3 Å². The Morgan fingerprint density at radius 1 is 0.409 bits per heavy atom. The number of nitrogens with zero attached hydrogens (tertiary/aromatic N) is 2. The predicted octanol–water partition coefficient (Wildman–Crippen LogP) is 9.55. The number of aryl methyl sites for hydroxylation is 2. The third-order valence-corrected chi connectivity index (χ3v) is 10.4. The molecule has 0 amide bonds. The number of halogens is 20. The topological polar surface area (TPSA) is 16.8 Å². The van der Waals surface area contributed by atoms with Crippen molar-refractivity contribution in [1.82, 2.24) is 4.98 Å². The second-order valence-corrected chi connectivity index (χ2v) is 14.2. The third-order valence-electron chi connectivity index (χ3n) is 10.4. The van der Waals surface area contributed by atoms with Gasteiger partial charge in [-0.1, -0.05) is 48.0 Å². The standard InChI is InChI=1S/C24BF20.C19H19N2/c26-5-1(6(27)14(35)21(42)13(5)34)25(2-7(28)15(36)22(43)16(37)8(2)29,3-9(30)17(38)23(44)18(39)10(3)31)4-11(32)19(40)24(45)20(41)12(4)33;1-15-8-9-16(2)18(12-15)19-13-20-10-11-21(19)14-17-6-4-3-5-7-17/h;3-13H,14H2,1-2H3/q-1;+1. The largest absolute Gasteiger partial charge is 0.252 e. The first-order chi connectivity index (χ1) is 30.9. The number of hydrogen-bond donors (Lipinski definition) is 0. The molecule has 2 nitrogen and oxygen atoms in total. The van der Waals surface area contributed by atoms with Crippen LogP contribution < -0.4 is 26.4 Å². The van der Waals surface area contributed by atoms with E-state index in [1.54, 1.807) is 0 Å². The van der Waals surface area contributed by atoms with Gasteiger partial charge in [0, 0.05) is 5.56 Å². The Balaban J connectivity index is 0.000000284. The molecule has 6 aromatic carbocycles. The zero-order valence-electron chi connectivity index (χ0n) is 32.6. The van der Waals surface area contributed by atoms with Gasteiger partial charge >= 0.3 is 0 Å². The average Bonchev–Trinajstić information content (AvgIpc) is 3.30. The summed E-state index contributed by atoms with van der Waals surface area (Å²) in [6.45, 7) is 5.13. The minimum absolute atomic E-state index is 0.853. The summed E-state index contributed by atoms with van der Waals surface area (Å²) in [6.07, 6.45) is -1.38. The Bertz CT molecular complexity index is 2710. The third kappa shape index (κ3) is 7.66. The molecule has 7 rings (SSSR count). The van der Waals surface area contributed by atoms with Crippen LogP contribution >= 0.6 is 0 Å². The summed E-state index contributed by atoms with van der Waals surface area (Å²) in [5, 5.41) is 0. The van der Waals surface area contributed by atoms with Crippen LogP contribution in [0.25, 0.3) is 11.3 Å². The van der Waals surface area contributed by atoms with Crippen molar-refractivity contribution in [2.45, 2.75) is 20.4 Å². The highest BCUT2D eigenvalue weighted by Gasteiger charge is 2.52. The molecular formula is C43H19BF20N2. The molecule has 66 heavy (non-hydrogen) atoms. The molecule has 0 spiro atoms. The van der Waals surface area contributed by atoms with Crippen LogP contribution in [0.2, 0.25) is 0 Å². The molecule has 7 aromatic rings. The van der Waals surface area contributed by atoms with E-state index in [4.69, 9.17) is 0 Å². The molecule has 0 aliphatic heterocycles. The molecule has 0 bridgehead atoms.